The molecule has 3 rings (SSSR count). The number of rotatable bonds is 6. The molecule has 146 valence electrons. The Balaban J connectivity index is 1.76. The minimum Gasteiger partial charge on any atom is -0.324 e. The van der Waals surface area contributed by atoms with Gasteiger partial charge in [0.15, 0.2) is 0 Å². The summed E-state index contributed by atoms with van der Waals surface area (Å²) in [7, 11) is 0. The molecule has 0 fully saturated rings. The maximum Gasteiger partial charge on any atom is 0.258 e. The Morgan fingerprint density at radius 3 is 2.46 bits per heavy atom. The van der Waals surface area contributed by atoms with Gasteiger partial charge in [0.05, 0.1) is 12.2 Å². The van der Waals surface area contributed by atoms with Crippen LogP contribution in [0.2, 0.25) is 0 Å². The van der Waals surface area contributed by atoms with Crippen molar-refractivity contribution in [2.45, 2.75) is 34.2 Å². The summed E-state index contributed by atoms with van der Waals surface area (Å²) < 4.78 is 1.54. The molecular formula is C22H26N4O2. The maximum atomic E-state index is 12.6. The first-order valence-corrected chi connectivity index (χ1v) is 9.45. The number of likely N-dealkylation sites (N-methyl/N-ethyl adjacent to an activating group) is 1. The van der Waals surface area contributed by atoms with E-state index in [2.05, 4.69) is 10.3 Å². The summed E-state index contributed by atoms with van der Waals surface area (Å²) in [6.45, 7) is 9.24. The Hall–Kier alpha value is -2.99. The standard InChI is InChI=1S/C22H26N4O2/c1-5-25(14-19(27)24-21-15(2)8-6-9-16(21)3)13-18-12-20(28)26-11-7-10-17(4)22(26)23-18/h6-12H,5,13-14H2,1-4H3,(H,24,27). The third-order valence-electron chi connectivity index (χ3n) is 4.88. The quantitative estimate of drug-likeness (QED) is 0.716. The summed E-state index contributed by atoms with van der Waals surface area (Å²) >= 11 is 0. The van der Waals surface area contributed by atoms with E-state index in [9.17, 15) is 9.59 Å². The third-order valence-corrected chi connectivity index (χ3v) is 4.88. The smallest absolute Gasteiger partial charge is 0.258 e. The molecule has 0 bridgehead atoms. The third kappa shape index (κ3) is 4.28. The number of pyridine rings is 1. The average Bonchev–Trinajstić information content (AvgIpc) is 2.65. The summed E-state index contributed by atoms with van der Waals surface area (Å²) in [5, 5.41) is 3.01. The van der Waals surface area contributed by atoms with Gasteiger partial charge in [-0.3, -0.25) is 18.9 Å². The number of nitrogens with one attached hydrogen (secondary N) is 1. The van der Waals surface area contributed by atoms with E-state index >= 15 is 0 Å². The van der Waals surface area contributed by atoms with E-state index in [-0.39, 0.29) is 18.0 Å². The summed E-state index contributed by atoms with van der Waals surface area (Å²) in [5.74, 6) is -0.0760. The molecule has 2 aromatic heterocycles. The topological polar surface area (TPSA) is 66.7 Å². The first-order valence-electron chi connectivity index (χ1n) is 9.45. The molecule has 1 N–H and O–H groups in total. The van der Waals surface area contributed by atoms with E-state index in [4.69, 9.17) is 0 Å². The molecule has 3 aromatic rings. The van der Waals surface area contributed by atoms with Crippen LogP contribution >= 0.6 is 0 Å². The molecule has 1 amide bonds. The van der Waals surface area contributed by atoms with Crippen molar-refractivity contribution < 1.29 is 4.79 Å². The van der Waals surface area contributed by atoms with Crippen molar-refractivity contribution in [3.63, 3.8) is 0 Å². The molecule has 0 saturated heterocycles. The molecule has 6 heteroatoms. The highest BCUT2D eigenvalue weighted by molar-refractivity contribution is 5.93. The van der Waals surface area contributed by atoms with Gasteiger partial charge in [0.25, 0.3) is 5.56 Å². The Kier molecular flexibility index (Phi) is 5.90. The van der Waals surface area contributed by atoms with Crippen molar-refractivity contribution in [2.24, 2.45) is 0 Å². The number of benzene rings is 1. The number of hydrogen-bond donors (Lipinski definition) is 1. The number of fused-ring (bicyclic) bond motifs is 1. The van der Waals surface area contributed by atoms with Gasteiger partial charge < -0.3 is 5.32 Å². The van der Waals surface area contributed by atoms with E-state index in [1.165, 1.54) is 0 Å². The monoisotopic (exact) mass is 378 g/mol. The molecule has 6 nitrogen and oxygen atoms in total. The molecule has 0 aliphatic carbocycles. The fourth-order valence-electron chi connectivity index (χ4n) is 3.29. The molecule has 0 radical (unpaired) electrons. The zero-order chi connectivity index (χ0) is 20.3. The van der Waals surface area contributed by atoms with Crippen LogP contribution in [0, 0.1) is 20.8 Å². The van der Waals surface area contributed by atoms with Crippen molar-refractivity contribution in [2.75, 3.05) is 18.4 Å². The zero-order valence-corrected chi connectivity index (χ0v) is 16.8. The number of hydrogen-bond acceptors (Lipinski definition) is 4. The number of aromatic nitrogens is 2. The summed E-state index contributed by atoms with van der Waals surface area (Å²) in [6, 6.07) is 11.2. The summed E-state index contributed by atoms with van der Waals surface area (Å²) in [4.78, 5) is 31.6. The number of carbonyl (C=O) groups excluding carboxylic acids is 1. The van der Waals surface area contributed by atoms with E-state index in [1.807, 2.05) is 62.9 Å². The second kappa shape index (κ2) is 8.35. The zero-order valence-electron chi connectivity index (χ0n) is 16.8. The van der Waals surface area contributed by atoms with Crippen molar-refractivity contribution in [3.05, 3.63) is 75.3 Å². The summed E-state index contributed by atoms with van der Waals surface area (Å²) in [5.41, 5.74) is 5.09. The fourth-order valence-corrected chi connectivity index (χ4v) is 3.29. The van der Waals surface area contributed by atoms with Crippen LogP contribution in [-0.2, 0) is 11.3 Å². The first kappa shape index (κ1) is 19.8. The van der Waals surface area contributed by atoms with Crippen molar-refractivity contribution >= 4 is 17.2 Å². The van der Waals surface area contributed by atoms with Gasteiger partial charge in [-0.05, 0) is 50.1 Å². The van der Waals surface area contributed by atoms with Crippen LogP contribution < -0.4 is 10.9 Å². The van der Waals surface area contributed by atoms with Crippen molar-refractivity contribution in [1.29, 1.82) is 0 Å². The predicted octanol–water partition coefficient (Wildman–Crippen LogP) is 3.08. The number of anilines is 1. The molecular weight excluding hydrogens is 352 g/mol. The number of para-hydroxylation sites is 1. The molecule has 0 spiro atoms. The SMILES string of the molecule is CCN(CC(=O)Nc1c(C)cccc1C)Cc1cc(=O)n2cccc(C)c2n1. The number of amides is 1. The molecule has 0 aliphatic heterocycles. The van der Waals surface area contributed by atoms with Crippen LogP contribution in [0.15, 0.2) is 47.4 Å². The van der Waals surface area contributed by atoms with Crippen LogP contribution in [-0.4, -0.2) is 33.3 Å². The van der Waals surface area contributed by atoms with Crippen LogP contribution in [0.25, 0.3) is 5.65 Å². The molecule has 0 atom stereocenters. The Labute approximate surface area is 164 Å². The van der Waals surface area contributed by atoms with Gasteiger partial charge in [-0.1, -0.05) is 31.2 Å². The van der Waals surface area contributed by atoms with Crippen LogP contribution in [0.3, 0.4) is 0 Å². The maximum absolute atomic E-state index is 12.6. The Morgan fingerprint density at radius 1 is 1.11 bits per heavy atom. The lowest BCUT2D eigenvalue weighted by molar-refractivity contribution is -0.117. The Morgan fingerprint density at radius 2 is 1.79 bits per heavy atom. The lowest BCUT2D eigenvalue weighted by atomic mass is 10.1. The first-order chi connectivity index (χ1) is 13.4. The van der Waals surface area contributed by atoms with Gasteiger partial charge in [0.1, 0.15) is 5.65 Å². The van der Waals surface area contributed by atoms with Gasteiger partial charge >= 0.3 is 0 Å². The van der Waals surface area contributed by atoms with Gasteiger partial charge in [-0.25, -0.2) is 4.98 Å². The number of carbonyl (C=O) groups is 1. The highest BCUT2D eigenvalue weighted by Gasteiger charge is 2.14. The molecule has 2 heterocycles. The summed E-state index contributed by atoms with van der Waals surface area (Å²) in [6.07, 6.45) is 1.72. The lowest BCUT2D eigenvalue weighted by Gasteiger charge is -2.20. The van der Waals surface area contributed by atoms with Crippen LogP contribution in [0.1, 0.15) is 29.3 Å². The largest absolute Gasteiger partial charge is 0.324 e. The number of aryl methyl sites for hydroxylation is 3. The van der Waals surface area contributed by atoms with Gasteiger partial charge in [0.2, 0.25) is 5.91 Å². The average molecular weight is 378 g/mol. The Bertz CT molecular complexity index is 1050. The molecule has 28 heavy (non-hydrogen) atoms. The predicted molar refractivity (Wildman–Crippen MR) is 112 cm³/mol. The van der Waals surface area contributed by atoms with Gasteiger partial charge in [-0.15, -0.1) is 0 Å². The second-order valence-electron chi connectivity index (χ2n) is 7.09. The van der Waals surface area contributed by atoms with E-state index in [0.717, 1.165) is 22.4 Å². The molecule has 0 saturated carbocycles. The molecule has 0 unspecified atom stereocenters. The van der Waals surface area contributed by atoms with Crippen molar-refractivity contribution in [3.8, 4) is 0 Å². The van der Waals surface area contributed by atoms with Crippen molar-refractivity contribution in [1.82, 2.24) is 14.3 Å². The van der Waals surface area contributed by atoms with E-state index < -0.39 is 0 Å². The van der Waals surface area contributed by atoms with Crippen LogP contribution in [0.5, 0.6) is 0 Å². The minimum atomic E-state index is -0.111. The van der Waals surface area contributed by atoms with Crippen LogP contribution in [0.4, 0.5) is 5.69 Å². The number of nitrogens with zero attached hydrogens (tertiary/aromatic N) is 3. The highest BCUT2D eigenvalue weighted by atomic mass is 16.2. The van der Waals surface area contributed by atoms with E-state index in [0.29, 0.717) is 24.4 Å². The molecule has 0 aliphatic rings. The fraction of sp³-hybridized carbons (Fsp3) is 0.318. The molecule has 1 aromatic carbocycles. The van der Waals surface area contributed by atoms with Gasteiger partial charge in [-0.2, -0.15) is 0 Å². The normalized spacial score (nSPS) is 11.2. The lowest BCUT2D eigenvalue weighted by Crippen LogP contribution is -2.33. The van der Waals surface area contributed by atoms with Gasteiger partial charge in [0, 0.05) is 24.5 Å². The highest BCUT2D eigenvalue weighted by Crippen LogP contribution is 2.19. The minimum absolute atomic E-state index is 0.0760. The van der Waals surface area contributed by atoms with E-state index in [1.54, 1.807) is 16.7 Å². The second-order valence-corrected chi connectivity index (χ2v) is 7.09.